The zero-order chi connectivity index (χ0) is 15.3. The zero-order valence-electron chi connectivity index (χ0n) is 11.2. The number of amides is 2. The topological polar surface area (TPSA) is 135 Å². The van der Waals surface area contributed by atoms with Gasteiger partial charge in [-0.2, -0.15) is 10.2 Å². The van der Waals surface area contributed by atoms with Crippen LogP contribution in [-0.2, 0) is 16.0 Å². The van der Waals surface area contributed by atoms with Crippen molar-refractivity contribution < 1.29 is 19.5 Å². The van der Waals surface area contributed by atoms with Crippen molar-refractivity contribution in [2.75, 3.05) is 0 Å². The van der Waals surface area contributed by atoms with Gasteiger partial charge in [0.05, 0.1) is 23.4 Å². The standard InChI is InChI=1S/C12H16N4O4/c1-3-8-7(4-6(2)15-16-8)11(18)14-9(12(19)20)5-10(13)17/h4,9H,3,5H2,1-2H3,(H2,13,17)(H,14,18)(H,19,20). The lowest BCUT2D eigenvalue weighted by Crippen LogP contribution is -2.43. The maximum atomic E-state index is 12.1. The van der Waals surface area contributed by atoms with Gasteiger partial charge in [0, 0.05) is 0 Å². The minimum absolute atomic E-state index is 0.246. The molecule has 1 heterocycles. The molecule has 20 heavy (non-hydrogen) atoms. The first kappa shape index (κ1) is 15.5. The average molecular weight is 280 g/mol. The number of carboxylic acid groups (broad SMARTS) is 1. The van der Waals surface area contributed by atoms with Crippen molar-refractivity contribution >= 4 is 17.8 Å². The number of carbonyl (C=O) groups is 3. The molecule has 2 amide bonds. The molecule has 0 spiro atoms. The highest BCUT2D eigenvalue weighted by Gasteiger charge is 2.24. The predicted octanol–water partition coefficient (Wildman–Crippen LogP) is -0.594. The Balaban J connectivity index is 2.96. The molecule has 1 aromatic heterocycles. The van der Waals surface area contributed by atoms with Crippen molar-refractivity contribution in [1.29, 1.82) is 0 Å². The van der Waals surface area contributed by atoms with Gasteiger partial charge in [0.1, 0.15) is 6.04 Å². The minimum atomic E-state index is -1.36. The number of aliphatic carboxylic acids is 1. The van der Waals surface area contributed by atoms with E-state index in [4.69, 9.17) is 10.8 Å². The lowest BCUT2D eigenvalue weighted by atomic mass is 10.1. The van der Waals surface area contributed by atoms with Crippen molar-refractivity contribution in [3.63, 3.8) is 0 Å². The number of aryl methyl sites for hydroxylation is 2. The number of nitrogens with one attached hydrogen (secondary N) is 1. The Labute approximate surface area is 115 Å². The number of primary amides is 1. The Kier molecular flexibility index (Phi) is 5.13. The molecule has 0 aliphatic carbocycles. The Hall–Kier alpha value is -2.51. The van der Waals surface area contributed by atoms with Crippen LogP contribution >= 0.6 is 0 Å². The molecule has 1 aromatic rings. The maximum absolute atomic E-state index is 12.1. The molecule has 0 fully saturated rings. The summed E-state index contributed by atoms with van der Waals surface area (Å²) in [6, 6.07) is 0.155. The van der Waals surface area contributed by atoms with Gasteiger partial charge in [-0.1, -0.05) is 6.92 Å². The Morgan fingerprint density at radius 3 is 2.55 bits per heavy atom. The van der Waals surface area contributed by atoms with E-state index in [2.05, 4.69) is 15.5 Å². The number of aromatic nitrogens is 2. The van der Waals surface area contributed by atoms with Gasteiger partial charge in [-0.05, 0) is 19.4 Å². The highest BCUT2D eigenvalue weighted by atomic mass is 16.4. The highest BCUT2D eigenvalue weighted by molar-refractivity contribution is 5.98. The highest BCUT2D eigenvalue weighted by Crippen LogP contribution is 2.08. The molecular weight excluding hydrogens is 264 g/mol. The summed E-state index contributed by atoms with van der Waals surface area (Å²) in [5.74, 6) is -2.75. The number of hydrogen-bond donors (Lipinski definition) is 3. The molecule has 0 saturated heterocycles. The van der Waals surface area contributed by atoms with Crippen molar-refractivity contribution in [1.82, 2.24) is 15.5 Å². The van der Waals surface area contributed by atoms with Gasteiger partial charge in [0.2, 0.25) is 5.91 Å². The predicted molar refractivity (Wildman–Crippen MR) is 68.8 cm³/mol. The SMILES string of the molecule is CCc1nnc(C)cc1C(=O)NC(CC(N)=O)C(=O)O. The van der Waals surface area contributed by atoms with E-state index < -0.39 is 30.2 Å². The molecule has 1 rings (SSSR count). The lowest BCUT2D eigenvalue weighted by Gasteiger charge is -2.14. The van der Waals surface area contributed by atoms with Gasteiger partial charge in [0.15, 0.2) is 0 Å². The summed E-state index contributed by atoms with van der Waals surface area (Å²) < 4.78 is 0. The Bertz CT molecular complexity index is 544. The third-order valence-corrected chi connectivity index (χ3v) is 2.58. The van der Waals surface area contributed by atoms with E-state index >= 15 is 0 Å². The number of nitrogens with two attached hydrogens (primary N) is 1. The fourth-order valence-corrected chi connectivity index (χ4v) is 1.61. The summed E-state index contributed by atoms with van der Waals surface area (Å²) in [5, 5.41) is 18.9. The van der Waals surface area contributed by atoms with Crippen molar-refractivity contribution in [3.8, 4) is 0 Å². The third-order valence-electron chi connectivity index (χ3n) is 2.58. The molecule has 1 unspecified atom stereocenters. The number of hydrogen-bond acceptors (Lipinski definition) is 5. The van der Waals surface area contributed by atoms with E-state index in [0.717, 1.165) is 0 Å². The molecule has 0 aliphatic rings. The van der Waals surface area contributed by atoms with Crippen LogP contribution in [0.2, 0.25) is 0 Å². The van der Waals surface area contributed by atoms with Crippen molar-refractivity contribution in [2.45, 2.75) is 32.7 Å². The molecule has 8 heteroatoms. The summed E-state index contributed by atoms with van der Waals surface area (Å²) in [6.07, 6.45) is 0.00359. The zero-order valence-corrected chi connectivity index (χ0v) is 11.2. The molecule has 4 N–H and O–H groups in total. The average Bonchev–Trinajstić information content (AvgIpc) is 2.37. The van der Waals surface area contributed by atoms with Crippen LogP contribution in [0, 0.1) is 6.92 Å². The van der Waals surface area contributed by atoms with Gasteiger partial charge in [-0.15, -0.1) is 0 Å². The molecule has 0 radical (unpaired) electrons. The van der Waals surface area contributed by atoms with Crippen LogP contribution < -0.4 is 11.1 Å². The first-order valence-corrected chi connectivity index (χ1v) is 6.00. The number of carboxylic acids is 1. The van der Waals surface area contributed by atoms with E-state index in [9.17, 15) is 14.4 Å². The lowest BCUT2D eigenvalue weighted by molar-refractivity contribution is -0.140. The van der Waals surface area contributed by atoms with Gasteiger partial charge < -0.3 is 16.2 Å². The Morgan fingerprint density at radius 2 is 2.05 bits per heavy atom. The van der Waals surface area contributed by atoms with E-state index in [0.29, 0.717) is 17.8 Å². The smallest absolute Gasteiger partial charge is 0.326 e. The molecule has 8 nitrogen and oxygen atoms in total. The fraction of sp³-hybridized carbons (Fsp3) is 0.417. The summed E-state index contributed by atoms with van der Waals surface area (Å²) in [4.78, 5) is 33.8. The summed E-state index contributed by atoms with van der Waals surface area (Å²) >= 11 is 0. The van der Waals surface area contributed by atoms with Crippen LogP contribution in [0.25, 0.3) is 0 Å². The quantitative estimate of drug-likeness (QED) is 0.637. The van der Waals surface area contributed by atoms with Gasteiger partial charge in [0.25, 0.3) is 5.91 Å². The van der Waals surface area contributed by atoms with Gasteiger partial charge in [-0.3, -0.25) is 9.59 Å². The molecule has 0 saturated carbocycles. The first-order valence-electron chi connectivity index (χ1n) is 6.00. The van der Waals surface area contributed by atoms with Crippen molar-refractivity contribution in [3.05, 3.63) is 23.0 Å². The van der Waals surface area contributed by atoms with Crippen LogP contribution in [0.1, 0.15) is 35.1 Å². The number of rotatable bonds is 6. The minimum Gasteiger partial charge on any atom is -0.480 e. The van der Waals surface area contributed by atoms with Crippen LogP contribution in [0.15, 0.2) is 6.07 Å². The van der Waals surface area contributed by atoms with E-state index in [1.165, 1.54) is 6.07 Å². The molecule has 0 aliphatic heterocycles. The number of carbonyl (C=O) groups excluding carboxylic acids is 2. The number of nitrogens with zero attached hydrogens (tertiary/aromatic N) is 2. The Morgan fingerprint density at radius 1 is 1.40 bits per heavy atom. The van der Waals surface area contributed by atoms with E-state index in [-0.39, 0.29) is 5.56 Å². The summed E-state index contributed by atoms with van der Waals surface area (Å²) in [6.45, 7) is 3.47. The molecule has 1 atom stereocenters. The second kappa shape index (κ2) is 6.60. The second-order valence-corrected chi connectivity index (χ2v) is 4.23. The first-order chi connectivity index (χ1) is 9.35. The monoisotopic (exact) mass is 280 g/mol. The second-order valence-electron chi connectivity index (χ2n) is 4.23. The van der Waals surface area contributed by atoms with Gasteiger partial charge >= 0.3 is 5.97 Å². The normalized spacial score (nSPS) is 11.7. The van der Waals surface area contributed by atoms with Crippen LogP contribution in [-0.4, -0.2) is 39.1 Å². The van der Waals surface area contributed by atoms with Crippen LogP contribution in [0.5, 0.6) is 0 Å². The van der Waals surface area contributed by atoms with E-state index in [1.807, 2.05) is 0 Å². The fourth-order valence-electron chi connectivity index (χ4n) is 1.61. The van der Waals surface area contributed by atoms with Gasteiger partial charge in [-0.25, -0.2) is 4.79 Å². The molecule has 0 bridgehead atoms. The third kappa shape index (κ3) is 4.01. The maximum Gasteiger partial charge on any atom is 0.326 e. The van der Waals surface area contributed by atoms with Crippen molar-refractivity contribution in [2.24, 2.45) is 5.73 Å². The molecule has 108 valence electrons. The largest absolute Gasteiger partial charge is 0.480 e. The van der Waals surface area contributed by atoms with Crippen LogP contribution in [0.4, 0.5) is 0 Å². The molecular formula is C12H16N4O4. The molecule has 0 aromatic carbocycles. The van der Waals surface area contributed by atoms with Crippen LogP contribution in [0.3, 0.4) is 0 Å². The summed E-state index contributed by atoms with van der Waals surface area (Å²) in [5.41, 5.74) is 6.19. The summed E-state index contributed by atoms with van der Waals surface area (Å²) in [7, 11) is 0. The van der Waals surface area contributed by atoms with E-state index in [1.54, 1.807) is 13.8 Å².